The Balaban J connectivity index is 2.19. The molecule has 0 aliphatic heterocycles. The van der Waals surface area contributed by atoms with Crippen molar-refractivity contribution in [2.24, 2.45) is 0 Å². The Bertz CT molecular complexity index is 1070. The van der Waals surface area contributed by atoms with Crippen LogP contribution in [-0.4, -0.2) is 28.3 Å². The van der Waals surface area contributed by atoms with Gasteiger partial charge in [0.25, 0.3) is 5.91 Å². The largest absolute Gasteiger partial charge is 0.439 e. The molecule has 9 heteroatoms. The Labute approximate surface area is 196 Å². The van der Waals surface area contributed by atoms with E-state index in [1.807, 2.05) is 20.8 Å². The highest BCUT2D eigenvalue weighted by molar-refractivity contribution is 6.35. The van der Waals surface area contributed by atoms with Gasteiger partial charge in [0.1, 0.15) is 5.75 Å². The van der Waals surface area contributed by atoms with Crippen LogP contribution in [0.2, 0.25) is 15.1 Å². The molecule has 31 heavy (non-hydrogen) atoms. The Hall–Kier alpha value is -2.25. The average Bonchev–Trinajstić information content (AvgIpc) is 3.06. The fourth-order valence-electron chi connectivity index (χ4n) is 2.86. The molecule has 0 aliphatic carbocycles. The highest BCUT2D eigenvalue weighted by Gasteiger charge is 2.26. The summed E-state index contributed by atoms with van der Waals surface area (Å²) in [7, 11) is 0. The highest BCUT2D eigenvalue weighted by Crippen LogP contribution is 2.34. The Morgan fingerprint density at radius 1 is 1.10 bits per heavy atom. The number of carbonyl (C=O) groups excluding carboxylic acids is 1. The number of ether oxygens (including phenoxy) is 1. The SMILES string of the molecule is CCNC(=O)c1nn(-c2ccc(Cl)cc2Cl)c(Oc2ccc(Cl)cc2)c1CNC(C)C. The van der Waals surface area contributed by atoms with Gasteiger partial charge in [-0.25, -0.2) is 0 Å². The number of benzene rings is 2. The van der Waals surface area contributed by atoms with Gasteiger partial charge in [0.15, 0.2) is 5.69 Å². The first-order valence-corrected chi connectivity index (χ1v) is 11.0. The van der Waals surface area contributed by atoms with Gasteiger partial charge >= 0.3 is 0 Å². The average molecular weight is 482 g/mol. The summed E-state index contributed by atoms with van der Waals surface area (Å²) in [6, 6.07) is 12.2. The minimum absolute atomic E-state index is 0.188. The quantitative estimate of drug-likeness (QED) is 0.422. The summed E-state index contributed by atoms with van der Waals surface area (Å²) in [6.07, 6.45) is 0. The molecule has 0 aliphatic rings. The van der Waals surface area contributed by atoms with Gasteiger partial charge in [-0.05, 0) is 49.4 Å². The van der Waals surface area contributed by atoms with Crippen molar-refractivity contribution in [2.45, 2.75) is 33.4 Å². The fraction of sp³-hybridized carbons (Fsp3) is 0.273. The molecule has 0 fully saturated rings. The van der Waals surface area contributed by atoms with E-state index < -0.39 is 0 Å². The predicted octanol–water partition coefficient (Wildman–Crippen LogP) is 5.87. The van der Waals surface area contributed by atoms with E-state index in [4.69, 9.17) is 39.5 Å². The third-order valence-corrected chi connectivity index (χ3v) is 5.13. The van der Waals surface area contributed by atoms with Gasteiger partial charge in [-0.2, -0.15) is 9.78 Å². The normalized spacial score (nSPS) is 11.1. The van der Waals surface area contributed by atoms with Gasteiger partial charge in [0.2, 0.25) is 5.88 Å². The first-order chi connectivity index (χ1) is 14.8. The van der Waals surface area contributed by atoms with Crippen molar-refractivity contribution < 1.29 is 9.53 Å². The predicted molar refractivity (Wildman–Crippen MR) is 125 cm³/mol. The van der Waals surface area contributed by atoms with E-state index in [9.17, 15) is 4.79 Å². The molecule has 2 N–H and O–H groups in total. The minimum Gasteiger partial charge on any atom is -0.439 e. The number of hydrogen-bond acceptors (Lipinski definition) is 4. The number of halogens is 3. The maximum absolute atomic E-state index is 12.8. The summed E-state index contributed by atoms with van der Waals surface area (Å²) in [6.45, 7) is 6.73. The summed E-state index contributed by atoms with van der Waals surface area (Å²) in [5.41, 5.74) is 1.40. The number of nitrogens with zero attached hydrogens (tertiary/aromatic N) is 2. The molecule has 3 aromatic rings. The fourth-order valence-corrected chi connectivity index (χ4v) is 3.48. The van der Waals surface area contributed by atoms with Crippen LogP contribution in [0.1, 0.15) is 36.8 Å². The number of rotatable bonds is 8. The molecule has 0 unspecified atom stereocenters. The van der Waals surface area contributed by atoms with Crippen LogP contribution >= 0.6 is 34.8 Å². The molecule has 0 spiro atoms. The van der Waals surface area contributed by atoms with Crippen LogP contribution in [0.5, 0.6) is 11.6 Å². The zero-order valence-electron chi connectivity index (χ0n) is 17.4. The second-order valence-electron chi connectivity index (χ2n) is 7.09. The standard InChI is InChI=1S/C22H23Cl3N4O2/c1-4-26-21(30)20-17(12-27-13(2)3)22(31-16-8-5-14(23)6-9-16)29(28-20)19-10-7-15(24)11-18(19)25/h5-11,13,27H,4,12H2,1-3H3,(H,26,30). The summed E-state index contributed by atoms with van der Waals surface area (Å²) < 4.78 is 7.73. The van der Waals surface area contributed by atoms with Crippen molar-refractivity contribution in [3.8, 4) is 17.3 Å². The second kappa shape index (κ2) is 10.4. The number of carbonyl (C=O) groups is 1. The lowest BCUT2D eigenvalue weighted by Gasteiger charge is -2.14. The second-order valence-corrected chi connectivity index (χ2v) is 8.37. The van der Waals surface area contributed by atoms with Gasteiger partial charge in [-0.1, -0.05) is 48.7 Å². The molecular weight excluding hydrogens is 459 g/mol. The smallest absolute Gasteiger partial charge is 0.272 e. The summed E-state index contributed by atoms with van der Waals surface area (Å²) >= 11 is 18.5. The summed E-state index contributed by atoms with van der Waals surface area (Å²) in [4.78, 5) is 12.8. The molecule has 0 saturated heterocycles. The van der Waals surface area contributed by atoms with Gasteiger partial charge < -0.3 is 15.4 Å². The Morgan fingerprint density at radius 3 is 2.39 bits per heavy atom. The van der Waals surface area contributed by atoms with Crippen LogP contribution in [0.4, 0.5) is 0 Å². The van der Waals surface area contributed by atoms with Crippen LogP contribution in [-0.2, 0) is 6.54 Å². The van der Waals surface area contributed by atoms with Crippen molar-refractivity contribution in [1.29, 1.82) is 0 Å². The summed E-state index contributed by atoms with van der Waals surface area (Å²) in [5, 5.41) is 12.2. The van der Waals surface area contributed by atoms with Crippen molar-refractivity contribution in [2.75, 3.05) is 6.54 Å². The van der Waals surface area contributed by atoms with Crippen molar-refractivity contribution in [3.05, 3.63) is 68.8 Å². The van der Waals surface area contributed by atoms with Crippen LogP contribution in [0.3, 0.4) is 0 Å². The number of aromatic nitrogens is 2. The number of amides is 1. The van der Waals surface area contributed by atoms with Crippen LogP contribution in [0, 0.1) is 0 Å². The zero-order chi connectivity index (χ0) is 22.5. The van der Waals surface area contributed by atoms with Gasteiger partial charge in [-0.15, -0.1) is 0 Å². The van der Waals surface area contributed by atoms with Crippen LogP contribution in [0.25, 0.3) is 5.69 Å². The van der Waals surface area contributed by atoms with E-state index in [2.05, 4.69) is 15.7 Å². The third-order valence-electron chi connectivity index (χ3n) is 4.34. The molecule has 2 aromatic carbocycles. The lowest BCUT2D eigenvalue weighted by atomic mass is 10.2. The molecule has 1 heterocycles. The lowest BCUT2D eigenvalue weighted by molar-refractivity contribution is 0.0949. The minimum atomic E-state index is -0.298. The first kappa shape index (κ1) is 23.4. The van der Waals surface area contributed by atoms with E-state index in [-0.39, 0.29) is 17.6 Å². The molecule has 1 aromatic heterocycles. The van der Waals surface area contributed by atoms with Gasteiger partial charge in [0.05, 0.1) is 16.3 Å². The molecular formula is C22H23Cl3N4O2. The van der Waals surface area contributed by atoms with E-state index in [0.29, 0.717) is 51.0 Å². The maximum Gasteiger partial charge on any atom is 0.272 e. The van der Waals surface area contributed by atoms with E-state index in [0.717, 1.165) is 0 Å². The van der Waals surface area contributed by atoms with E-state index in [1.165, 1.54) is 4.68 Å². The molecule has 0 bridgehead atoms. The topological polar surface area (TPSA) is 68.2 Å². The van der Waals surface area contributed by atoms with Crippen molar-refractivity contribution >= 4 is 40.7 Å². The third kappa shape index (κ3) is 5.71. The molecule has 1 amide bonds. The lowest BCUT2D eigenvalue weighted by Crippen LogP contribution is -2.27. The Morgan fingerprint density at radius 2 is 1.77 bits per heavy atom. The monoisotopic (exact) mass is 480 g/mol. The molecule has 3 rings (SSSR count). The Kier molecular flexibility index (Phi) is 7.84. The molecule has 0 atom stereocenters. The van der Waals surface area contributed by atoms with Crippen molar-refractivity contribution in [3.63, 3.8) is 0 Å². The molecule has 0 saturated carbocycles. The molecule has 6 nitrogen and oxygen atoms in total. The maximum atomic E-state index is 12.8. The number of hydrogen-bond donors (Lipinski definition) is 2. The van der Waals surface area contributed by atoms with E-state index in [1.54, 1.807) is 42.5 Å². The van der Waals surface area contributed by atoms with Crippen molar-refractivity contribution in [1.82, 2.24) is 20.4 Å². The summed E-state index contributed by atoms with van der Waals surface area (Å²) in [5.74, 6) is 0.623. The van der Waals surface area contributed by atoms with Crippen LogP contribution in [0.15, 0.2) is 42.5 Å². The molecule has 0 radical (unpaired) electrons. The van der Waals surface area contributed by atoms with Crippen LogP contribution < -0.4 is 15.4 Å². The number of nitrogens with one attached hydrogen (secondary N) is 2. The van der Waals surface area contributed by atoms with Gasteiger partial charge in [-0.3, -0.25) is 4.79 Å². The zero-order valence-corrected chi connectivity index (χ0v) is 19.6. The first-order valence-electron chi connectivity index (χ1n) is 9.82. The highest BCUT2D eigenvalue weighted by atomic mass is 35.5. The van der Waals surface area contributed by atoms with Gasteiger partial charge in [0, 0.05) is 29.2 Å². The van der Waals surface area contributed by atoms with E-state index >= 15 is 0 Å². The molecule has 164 valence electrons.